The smallest absolute Gasteiger partial charge is 0.387 e. The fraction of sp³-hybridized carbons (Fsp3) is 0.467. The molecule has 1 aliphatic carbocycles. The van der Waals surface area contributed by atoms with Crippen molar-refractivity contribution in [1.82, 2.24) is 10.1 Å². The van der Waals surface area contributed by atoms with E-state index < -0.39 is 12.2 Å². The summed E-state index contributed by atoms with van der Waals surface area (Å²) in [5.74, 6) is 1.01. The van der Waals surface area contributed by atoms with Gasteiger partial charge in [0, 0.05) is 5.56 Å². The molecule has 0 radical (unpaired) electrons. The first-order chi connectivity index (χ1) is 10.4. The lowest BCUT2D eigenvalue weighted by molar-refractivity contribution is -0.0507. The van der Waals surface area contributed by atoms with Crippen LogP contribution in [0.2, 0.25) is 0 Å². The van der Waals surface area contributed by atoms with Gasteiger partial charge >= 0.3 is 6.61 Å². The topological polar surface area (TPSA) is 74.2 Å². The van der Waals surface area contributed by atoms with E-state index in [2.05, 4.69) is 14.9 Å². The van der Waals surface area contributed by atoms with Crippen LogP contribution >= 0.6 is 0 Å². The van der Waals surface area contributed by atoms with Crippen molar-refractivity contribution in [3.05, 3.63) is 29.1 Å². The normalized spacial score (nSPS) is 16.6. The van der Waals surface area contributed by atoms with Gasteiger partial charge in [-0.1, -0.05) is 5.16 Å². The van der Waals surface area contributed by atoms with Crippen LogP contribution in [0.1, 0.15) is 36.2 Å². The van der Waals surface area contributed by atoms with E-state index in [4.69, 9.17) is 10.3 Å². The van der Waals surface area contributed by atoms with Gasteiger partial charge in [-0.25, -0.2) is 0 Å². The van der Waals surface area contributed by atoms with Gasteiger partial charge in [0.1, 0.15) is 5.75 Å². The Bertz CT molecular complexity index is 673. The summed E-state index contributed by atoms with van der Waals surface area (Å²) < 4.78 is 34.6. The Balaban J connectivity index is 1.92. The molecule has 0 aliphatic heterocycles. The van der Waals surface area contributed by atoms with Gasteiger partial charge in [-0.05, 0) is 56.4 Å². The third kappa shape index (κ3) is 2.56. The second kappa shape index (κ2) is 5.31. The average molecular weight is 309 g/mol. The van der Waals surface area contributed by atoms with Gasteiger partial charge in [-0.15, -0.1) is 0 Å². The highest BCUT2D eigenvalue weighted by Gasteiger charge is 2.39. The van der Waals surface area contributed by atoms with Crippen LogP contribution in [0.3, 0.4) is 0 Å². The van der Waals surface area contributed by atoms with Crippen molar-refractivity contribution in [3.8, 4) is 17.2 Å². The molecule has 1 heterocycles. The molecular weight excluding hydrogens is 292 g/mol. The van der Waals surface area contributed by atoms with Crippen molar-refractivity contribution < 1.29 is 18.0 Å². The number of aromatic nitrogens is 2. The second-order valence-corrected chi connectivity index (χ2v) is 5.75. The van der Waals surface area contributed by atoms with Crippen LogP contribution in [-0.4, -0.2) is 16.8 Å². The number of rotatable bonds is 4. The van der Waals surface area contributed by atoms with Crippen LogP contribution in [0.15, 0.2) is 16.7 Å². The third-order valence-corrected chi connectivity index (χ3v) is 4.03. The number of hydrogen-bond acceptors (Lipinski definition) is 5. The largest absolute Gasteiger partial charge is 0.434 e. The maximum Gasteiger partial charge on any atom is 0.387 e. The van der Waals surface area contributed by atoms with Gasteiger partial charge in [0.15, 0.2) is 5.82 Å². The summed E-state index contributed by atoms with van der Waals surface area (Å²) in [4.78, 5) is 4.36. The van der Waals surface area contributed by atoms with Crippen LogP contribution in [0.4, 0.5) is 8.78 Å². The number of hydrogen-bond donors (Lipinski definition) is 1. The summed E-state index contributed by atoms with van der Waals surface area (Å²) in [6.07, 6.45) is 2.73. The first-order valence-electron chi connectivity index (χ1n) is 7.08. The third-order valence-electron chi connectivity index (χ3n) is 4.03. The predicted molar refractivity (Wildman–Crippen MR) is 75.6 cm³/mol. The summed E-state index contributed by atoms with van der Waals surface area (Å²) in [6.45, 7) is 0.540. The molecule has 1 aromatic heterocycles. The van der Waals surface area contributed by atoms with Crippen molar-refractivity contribution in [2.24, 2.45) is 5.73 Å². The lowest BCUT2D eigenvalue weighted by Crippen LogP contribution is -2.44. The molecule has 0 amide bonds. The Morgan fingerprint density at radius 1 is 1.27 bits per heavy atom. The van der Waals surface area contributed by atoms with Crippen molar-refractivity contribution in [2.75, 3.05) is 0 Å². The monoisotopic (exact) mass is 309 g/mol. The van der Waals surface area contributed by atoms with E-state index in [1.807, 2.05) is 0 Å². The molecule has 1 saturated carbocycles. The van der Waals surface area contributed by atoms with Crippen LogP contribution in [0.25, 0.3) is 11.5 Å². The molecule has 1 fully saturated rings. The number of halogens is 2. The van der Waals surface area contributed by atoms with Crippen LogP contribution < -0.4 is 10.5 Å². The Labute approximate surface area is 126 Å². The molecule has 2 aromatic rings. The number of ether oxygens (including phenoxy) is 1. The van der Waals surface area contributed by atoms with Crippen molar-refractivity contribution in [1.29, 1.82) is 0 Å². The molecule has 118 valence electrons. The molecule has 1 aliphatic rings. The van der Waals surface area contributed by atoms with E-state index in [0.29, 0.717) is 28.4 Å². The van der Waals surface area contributed by atoms with E-state index in [1.54, 1.807) is 26.0 Å². The number of nitrogens with two attached hydrogens (primary N) is 1. The molecule has 5 nitrogen and oxygen atoms in total. The average Bonchev–Trinajstić information content (AvgIpc) is 2.89. The van der Waals surface area contributed by atoms with E-state index in [0.717, 1.165) is 19.3 Å². The minimum atomic E-state index is -2.85. The number of alkyl halides is 2. The fourth-order valence-electron chi connectivity index (χ4n) is 2.67. The Morgan fingerprint density at radius 3 is 2.41 bits per heavy atom. The molecule has 0 saturated heterocycles. The lowest BCUT2D eigenvalue weighted by atomic mass is 9.77. The predicted octanol–water partition coefficient (Wildman–Crippen LogP) is 3.29. The van der Waals surface area contributed by atoms with E-state index in [-0.39, 0.29) is 5.75 Å². The Kier molecular flexibility index (Phi) is 3.60. The molecule has 22 heavy (non-hydrogen) atoms. The summed E-state index contributed by atoms with van der Waals surface area (Å²) in [5.41, 5.74) is 7.50. The molecule has 0 bridgehead atoms. The minimum absolute atomic E-state index is 0.174. The Morgan fingerprint density at radius 2 is 1.91 bits per heavy atom. The van der Waals surface area contributed by atoms with Gasteiger partial charge in [-0.2, -0.15) is 13.8 Å². The number of nitrogens with zero attached hydrogens (tertiary/aromatic N) is 2. The van der Waals surface area contributed by atoms with Crippen molar-refractivity contribution in [2.45, 2.75) is 45.3 Å². The fourth-order valence-corrected chi connectivity index (χ4v) is 2.67. The second-order valence-electron chi connectivity index (χ2n) is 5.75. The van der Waals surface area contributed by atoms with E-state index in [9.17, 15) is 8.78 Å². The van der Waals surface area contributed by atoms with Crippen molar-refractivity contribution >= 4 is 0 Å². The molecule has 1 aromatic carbocycles. The minimum Gasteiger partial charge on any atom is -0.434 e. The zero-order chi connectivity index (χ0) is 15.9. The molecule has 0 spiro atoms. The summed E-state index contributed by atoms with van der Waals surface area (Å²) in [6, 6.07) is 3.37. The first kappa shape index (κ1) is 14.9. The quantitative estimate of drug-likeness (QED) is 0.938. The highest BCUT2D eigenvalue weighted by atomic mass is 19.3. The van der Waals surface area contributed by atoms with Crippen LogP contribution in [0, 0.1) is 13.8 Å². The van der Waals surface area contributed by atoms with Crippen molar-refractivity contribution in [3.63, 3.8) is 0 Å². The first-order valence-corrected chi connectivity index (χ1v) is 7.08. The van der Waals surface area contributed by atoms with Gasteiger partial charge < -0.3 is 15.0 Å². The summed E-state index contributed by atoms with van der Waals surface area (Å²) in [7, 11) is 0. The SMILES string of the molecule is Cc1cc(-c2nc(C3(N)CCC3)no2)cc(C)c1OC(F)F. The highest BCUT2D eigenvalue weighted by Crippen LogP contribution is 2.38. The standard InChI is InChI=1S/C15H17F2N3O2/c1-8-6-10(7-9(2)11(8)21-14(16)17)12-19-13(20-22-12)15(18)4-3-5-15/h6-7,14H,3-5,18H2,1-2H3. The van der Waals surface area contributed by atoms with Crippen LogP contribution in [0.5, 0.6) is 5.75 Å². The number of aryl methyl sites for hydroxylation is 2. The van der Waals surface area contributed by atoms with Gasteiger partial charge in [0.2, 0.25) is 0 Å². The van der Waals surface area contributed by atoms with Gasteiger partial charge in [0.25, 0.3) is 5.89 Å². The Hall–Kier alpha value is -2.02. The number of benzene rings is 1. The molecule has 3 rings (SSSR count). The van der Waals surface area contributed by atoms with E-state index in [1.165, 1.54) is 0 Å². The van der Waals surface area contributed by atoms with Gasteiger partial charge in [-0.3, -0.25) is 0 Å². The molecule has 2 N–H and O–H groups in total. The zero-order valence-corrected chi connectivity index (χ0v) is 12.4. The summed E-state index contributed by atoms with van der Waals surface area (Å²) in [5, 5.41) is 3.95. The highest BCUT2D eigenvalue weighted by molar-refractivity contribution is 5.60. The van der Waals surface area contributed by atoms with Gasteiger partial charge in [0.05, 0.1) is 5.54 Å². The van der Waals surface area contributed by atoms with E-state index >= 15 is 0 Å². The molecular formula is C15H17F2N3O2. The molecule has 0 unspecified atom stereocenters. The summed E-state index contributed by atoms with van der Waals surface area (Å²) >= 11 is 0. The zero-order valence-electron chi connectivity index (χ0n) is 12.4. The maximum absolute atomic E-state index is 12.4. The molecule has 0 atom stereocenters. The maximum atomic E-state index is 12.4. The molecule has 7 heteroatoms. The lowest BCUT2D eigenvalue weighted by Gasteiger charge is -2.34. The van der Waals surface area contributed by atoms with Crippen LogP contribution in [-0.2, 0) is 5.54 Å².